The first-order valence-electron chi connectivity index (χ1n) is 4.35. The minimum absolute atomic E-state index is 0.0377. The summed E-state index contributed by atoms with van der Waals surface area (Å²) in [6, 6.07) is 0. The Morgan fingerprint density at radius 2 is 2.00 bits per heavy atom. The molecular weight excluding hydrogens is 168 g/mol. The summed E-state index contributed by atoms with van der Waals surface area (Å²) in [4.78, 5) is 12.8. The van der Waals surface area contributed by atoms with Crippen molar-refractivity contribution in [1.29, 1.82) is 0 Å². The molecule has 0 aromatic carbocycles. The smallest absolute Gasteiger partial charge is 0.250 e. The third-order valence-corrected chi connectivity index (χ3v) is 1.49. The van der Waals surface area contributed by atoms with Gasteiger partial charge in [0, 0.05) is 19.6 Å². The molecule has 0 radical (unpaired) electrons. The van der Waals surface area contributed by atoms with Crippen LogP contribution in [-0.4, -0.2) is 43.2 Å². The van der Waals surface area contributed by atoms with Gasteiger partial charge >= 0.3 is 0 Å². The van der Waals surface area contributed by atoms with E-state index in [-0.39, 0.29) is 11.4 Å². The van der Waals surface area contributed by atoms with E-state index in [1.807, 2.05) is 13.8 Å². The summed E-state index contributed by atoms with van der Waals surface area (Å²) < 4.78 is 5.31. The van der Waals surface area contributed by atoms with Crippen LogP contribution in [0.4, 0.5) is 0 Å². The molecule has 2 N–H and O–H groups in total. The molecule has 0 aromatic rings. The summed E-state index contributed by atoms with van der Waals surface area (Å²) in [5, 5.41) is 0. The van der Waals surface area contributed by atoms with E-state index < -0.39 is 6.10 Å². The first-order chi connectivity index (χ1) is 5.74. The molecule has 1 unspecified atom stereocenters. The lowest BCUT2D eigenvalue weighted by Gasteiger charge is -2.23. The van der Waals surface area contributed by atoms with Crippen molar-refractivity contribution in [3.63, 3.8) is 0 Å². The third kappa shape index (κ3) is 5.60. The molecule has 0 fully saturated rings. The van der Waals surface area contributed by atoms with Gasteiger partial charge in [0.05, 0.1) is 6.61 Å². The number of carbonyl (C=O) groups is 1. The zero-order valence-electron chi connectivity index (χ0n) is 9.13. The van der Waals surface area contributed by atoms with E-state index in [1.54, 1.807) is 21.0 Å². The number of hydrogen-bond donors (Lipinski definition) is 1. The van der Waals surface area contributed by atoms with E-state index in [2.05, 4.69) is 0 Å². The summed E-state index contributed by atoms with van der Waals surface area (Å²) in [7, 11) is 3.41. The maximum Gasteiger partial charge on any atom is 0.250 e. The second kappa shape index (κ2) is 4.58. The van der Waals surface area contributed by atoms with E-state index >= 15 is 0 Å². The van der Waals surface area contributed by atoms with Gasteiger partial charge in [-0.1, -0.05) is 0 Å². The number of nitrogens with zero attached hydrogens (tertiary/aromatic N) is 1. The standard InChI is InChI=1S/C9H20N2O2/c1-7(8(12)11(4)5)13-6-9(2,3)10/h7H,6,10H2,1-5H3. The number of likely N-dealkylation sites (N-methyl/N-ethyl adjacent to an activating group) is 1. The van der Waals surface area contributed by atoms with E-state index in [0.29, 0.717) is 6.61 Å². The van der Waals surface area contributed by atoms with Crippen LogP contribution in [0.2, 0.25) is 0 Å². The van der Waals surface area contributed by atoms with Crippen molar-refractivity contribution in [2.24, 2.45) is 5.73 Å². The number of rotatable bonds is 4. The highest BCUT2D eigenvalue weighted by molar-refractivity contribution is 5.79. The monoisotopic (exact) mass is 188 g/mol. The maximum absolute atomic E-state index is 11.3. The van der Waals surface area contributed by atoms with Crippen LogP contribution in [0.1, 0.15) is 20.8 Å². The number of carbonyl (C=O) groups excluding carboxylic acids is 1. The van der Waals surface area contributed by atoms with Crippen LogP contribution in [0.15, 0.2) is 0 Å². The van der Waals surface area contributed by atoms with E-state index in [1.165, 1.54) is 4.90 Å². The van der Waals surface area contributed by atoms with Gasteiger partial charge in [0.1, 0.15) is 6.10 Å². The topological polar surface area (TPSA) is 55.6 Å². The second-order valence-electron chi connectivity index (χ2n) is 4.17. The van der Waals surface area contributed by atoms with Crippen molar-refractivity contribution in [1.82, 2.24) is 4.90 Å². The molecule has 0 aliphatic heterocycles. The van der Waals surface area contributed by atoms with Crippen molar-refractivity contribution in [2.75, 3.05) is 20.7 Å². The highest BCUT2D eigenvalue weighted by Gasteiger charge is 2.19. The molecular formula is C9H20N2O2. The van der Waals surface area contributed by atoms with E-state index in [4.69, 9.17) is 10.5 Å². The fourth-order valence-electron chi connectivity index (χ4n) is 0.775. The summed E-state index contributed by atoms with van der Waals surface area (Å²) >= 11 is 0. The van der Waals surface area contributed by atoms with Crippen molar-refractivity contribution in [3.8, 4) is 0 Å². The predicted octanol–water partition coefficient (Wildman–Crippen LogP) is 0.217. The molecule has 0 spiro atoms. The van der Waals surface area contributed by atoms with Gasteiger partial charge in [-0.05, 0) is 20.8 Å². The number of amides is 1. The Morgan fingerprint density at radius 3 is 2.31 bits per heavy atom. The van der Waals surface area contributed by atoms with Crippen LogP contribution in [0.25, 0.3) is 0 Å². The lowest BCUT2D eigenvalue weighted by Crippen LogP contribution is -2.42. The fraction of sp³-hybridized carbons (Fsp3) is 0.889. The van der Waals surface area contributed by atoms with E-state index in [0.717, 1.165) is 0 Å². The summed E-state index contributed by atoms with van der Waals surface area (Å²) in [6.07, 6.45) is -0.419. The van der Waals surface area contributed by atoms with Crippen LogP contribution < -0.4 is 5.73 Å². The van der Waals surface area contributed by atoms with Gasteiger partial charge in [-0.2, -0.15) is 0 Å². The van der Waals surface area contributed by atoms with Crippen LogP contribution in [-0.2, 0) is 9.53 Å². The number of hydrogen-bond acceptors (Lipinski definition) is 3. The van der Waals surface area contributed by atoms with Crippen molar-refractivity contribution < 1.29 is 9.53 Å². The zero-order valence-corrected chi connectivity index (χ0v) is 9.13. The first-order valence-corrected chi connectivity index (χ1v) is 4.35. The molecule has 0 aromatic heterocycles. The highest BCUT2D eigenvalue weighted by Crippen LogP contribution is 2.02. The third-order valence-electron chi connectivity index (χ3n) is 1.49. The number of ether oxygens (including phenoxy) is 1. The number of nitrogens with two attached hydrogens (primary N) is 1. The Morgan fingerprint density at radius 1 is 1.54 bits per heavy atom. The second-order valence-corrected chi connectivity index (χ2v) is 4.17. The predicted molar refractivity (Wildman–Crippen MR) is 52.4 cm³/mol. The molecule has 0 aliphatic rings. The van der Waals surface area contributed by atoms with Crippen LogP contribution in [0, 0.1) is 0 Å². The Balaban J connectivity index is 3.88. The first kappa shape index (κ1) is 12.4. The van der Waals surface area contributed by atoms with Gasteiger partial charge in [0.25, 0.3) is 5.91 Å². The molecule has 1 amide bonds. The molecule has 4 nitrogen and oxygen atoms in total. The molecule has 0 bridgehead atoms. The molecule has 4 heteroatoms. The quantitative estimate of drug-likeness (QED) is 0.686. The van der Waals surface area contributed by atoms with Crippen LogP contribution in [0.5, 0.6) is 0 Å². The van der Waals surface area contributed by atoms with Gasteiger partial charge in [-0.15, -0.1) is 0 Å². The largest absolute Gasteiger partial charge is 0.367 e. The minimum Gasteiger partial charge on any atom is -0.367 e. The zero-order chi connectivity index (χ0) is 10.6. The highest BCUT2D eigenvalue weighted by atomic mass is 16.5. The average molecular weight is 188 g/mol. The average Bonchev–Trinajstić information content (AvgIpc) is 1.97. The lowest BCUT2D eigenvalue weighted by molar-refractivity contribution is -0.140. The molecule has 0 saturated heterocycles. The van der Waals surface area contributed by atoms with Gasteiger partial charge in [0.2, 0.25) is 0 Å². The lowest BCUT2D eigenvalue weighted by atomic mass is 10.1. The molecule has 0 rings (SSSR count). The van der Waals surface area contributed by atoms with Crippen molar-refractivity contribution in [3.05, 3.63) is 0 Å². The molecule has 1 atom stereocenters. The molecule has 0 saturated carbocycles. The van der Waals surface area contributed by atoms with Gasteiger partial charge < -0.3 is 15.4 Å². The molecule has 13 heavy (non-hydrogen) atoms. The fourth-order valence-corrected chi connectivity index (χ4v) is 0.775. The van der Waals surface area contributed by atoms with Gasteiger partial charge in [0.15, 0.2) is 0 Å². The van der Waals surface area contributed by atoms with E-state index in [9.17, 15) is 4.79 Å². The van der Waals surface area contributed by atoms with Crippen LogP contribution >= 0.6 is 0 Å². The van der Waals surface area contributed by atoms with Gasteiger partial charge in [-0.3, -0.25) is 4.79 Å². The maximum atomic E-state index is 11.3. The molecule has 0 aliphatic carbocycles. The summed E-state index contributed by atoms with van der Waals surface area (Å²) in [6.45, 7) is 5.83. The normalized spacial score (nSPS) is 14.0. The molecule has 0 heterocycles. The molecule has 78 valence electrons. The summed E-state index contributed by atoms with van der Waals surface area (Å²) in [5.41, 5.74) is 5.32. The Hall–Kier alpha value is -0.610. The van der Waals surface area contributed by atoms with Crippen LogP contribution in [0.3, 0.4) is 0 Å². The Labute approximate surface area is 80.0 Å². The van der Waals surface area contributed by atoms with Gasteiger partial charge in [-0.25, -0.2) is 0 Å². The Bertz CT molecular complexity index is 173. The minimum atomic E-state index is -0.419. The van der Waals surface area contributed by atoms with Crippen molar-refractivity contribution >= 4 is 5.91 Å². The SMILES string of the molecule is CC(OCC(C)(C)N)C(=O)N(C)C. The Kier molecular flexibility index (Phi) is 4.36. The summed E-state index contributed by atoms with van der Waals surface area (Å²) in [5.74, 6) is -0.0377. The van der Waals surface area contributed by atoms with Crippen molar-refractivity contribution in [2.45, 2.75) is 32.4 Å².